The molecule has 1 saturated heterocycles. The topological polar surface area (TPSA) is 66.7 Å². The number of nitrogens with zero attached hydrogens (tertiary/aromatic N) is 4. The number of rotatable bonds is 9. The lowest BCUT2D eigenvalue weighted by Crippen LogP contribution is -2.43. The first-order chi connectivity index (χ1) is 14.6. The van der Waals surface area contributed by atoms with Gasteiger partial charge in [-0.1, -0.05) is 18.2 Å². The molecule has 2 aromatic rings. The van der Waals surface area contributed by atoms with Crippen LogP contribution < -0.4 is 15.4 Å². The summed E-state index contributed by atoms with van der Waals surface area (Å²) >= 11 is 0. The summed E-state index contributed by atoms with van der Waals surface area (Å²) in [4.78, 5) is 6.95. The lowest BCUT2D eigenvalue weighted by molar-refractivity contribution is 0.239. The summed E-state index contributed by atoms with van der Waals surface area (Å²) in [6.07, 6.45) is 3.50. The van der Waals surface area contributed by atoms with Crippen molar-refractivity contribution >= 4 is 5.96 Å². The van der Waals surface area contributed by atoms with Crippen molar-refractivity contribution in [1.29, 1.82) is 0 Å². The van der Waals surface area contributed by atoms with Crippen molar-refractivity contribution in [2.75, 3.05) is 40.3 Å². The molecule has 7 heteroatoms. The van der Waals surface area contributed by atoms with E-state index < -0.39 is 0 Å². The molecule has 1 atom stereocenters. The predicted octanol–water partition coefficient (Wildman–Crippen LogP) is 2.90. The highest BCUT2D eigenvalue weighted by Gasteiger charge is 2.26. The van der Waals surface area contributed by atoms with Crippen LogP contribution in [-0.4, -0.2) is 61.0 Å². The van der Waals surface area contributed by atoms with Gasteiger partial charge in [0.05, 0.1) is 18.8 Å². The fourth-order valence-corrected chi connectivity index (χ4v) is 4.18. The number of methoxy groups -OCH3 is 1. The maximum absolute atomic E-state index is 5.64. The van der Waals surface area contributed by atoms with E-state index in [4.69, 9.17) is 4.74 Å². The molecule has 7 nitrogen and oxygen atoms in total. The van der Waals surface area contributed by atoms with Gasteiger partial charge in [-0.3, -0.25) is 14.6 Å². The van der Waals surface area contributed by atoms with Gasteiger partial charge in [0.1, 0.15) is 5.75 Å². The van der Waals surface area contributed by atoms with Crippen molar-refractivity contribution in [3.05, 3.63) is 47.3 Å². The van der Waals surface area contributed by atoms with Crippen LogP contribution in [0.2, 0.25) is 0 Å². The predicted molar refractivity (Wildman–Crippen MR) is 122 cm³/mol. The number of aliphatic imine (C=N–C) groups is 1. The lowest BCUT2D eigenvalue weighted by atomic mass is 10.0. The van der Waals surface area contributed by atoms with Gasteiger partial charge in [0, 0.05) is 37.9 Å². The summed E-state index contributed by atoms with van der Waals surface area (Å²) < 4.78 is 7.71. The zero-order chi connectivity index (χ0) is 21.3. The number of likely N-dealkylation sites (tertiary alicyclic amines) is 1. The molecular formula is C23H36N6O. The summed E-state index contributed by atoms with van der Waals surface area (Å²) in [5.41, 5.74) is 3.51. The van der Waals surface area contributed by atoms with Crippen LogP contribution in [0.5, 0.6) is 5.75 Å². The molecule has 0 spiro atoms. The second kappa shape index (κ2) is 11.0. The van der Waals surface area contributed by atoms with Crippen molar-refractivity contribution in [2.45, 2.75) is 45.7 Å². The Bertz CT molecular complexity index is 825. The van der Waals surface area contributed by atoms with E-state index in [0.717, 1.165) is 56.5 Å². The molecule has 1 aromatic heterocycles. The van der Waals surface area contributed by atoms with Gasteiger partial charge in [-0.25, -0.2) is 0 Å². The molecule has 1 aliphatic rings. The number of hydrogen-bond acceptors (Lipinski definition) is 4. The molecule has 2 heterocycles. The van der Waals surface area contributed by atoms with Crippen molar-refractivity contribution in [3.8, 4) is 5.75 Å². The third kappa shape index (κ3) is 5.75. The summed E-state index contributed by atoms with van der Waals surface area (Å²) in [6, 6.07) is 10.7. The monoisotopic (exact) mass is 412 g/mol. The molecule has 0 amide bonds. The molecule has 0 bridgehead atoms. The van der Waals surface area contributed by atoms with Crippen LogP contribution in [0.4, 0.5) is 0 Å². The van der Waals surface area contributed by atoms with Crippen molar-refractivity contribution in [3.63, 3.8) is 0 Å². The molecule has 0 radical (unpaired) electrons. The maximum Gasteiger partial charge on any atom is 0.191 e. The summed E-state index contributed by atoms with van der Waals surface area (Å²) in [6.45, 7) is 8.92. The highest BCUT2D eigenvalue weighted by atomic mass is 16.5. The lowest BCUT2D eigenvalue weighted by Gasteiger charge is -2.30. The molecule has 3 rings (SSSR count). The molecule has 1 aromatic carbocycles. The first kappa shape index (κ1) is 22.2. The SMILES string of the molecule is CN=C(NCCCn1nc(C)cc1C)NCC(c1ccccc1OC)N1CCCC1. The smallest absolute Gasteiger partial charge is 0.191 e. The Hall–Kier alpha value is -2.54. The second-order valence-electron chi connectivity index (χ2n) is 7.88. The van der Waals surface area contributed by atoms with Gasteiger partial charge in [-0.15, -0.1) is 0 Å². The first-order valence-electron chi connectivity index (χ1n) is 10.9. The number of para-hydroxylation sites is 1. The van der Waals surface area contributed by atoms with Crippen molar-refractivity contribution in [1.82, 2.24) is 25.3 Å². The van der Waals surface area contributed by atoms with Crippen LogP contribution in [0, 0.1) is 13.8 Å². The van der Waals surface area contributed by atoms with Crippen LogP contribution in [0.1, 0.15) is 42.3 Å². The third-order valence-corrected chi connectivity index (χ3v) is 5.71. The summed E-state index contributed by atoms with van der Waals surface area (Å²) in [5.74, 6) is 1.78. The van der Waals surface area contributed by atoms with E-state index in [2.05, 4.69) is 55.4 Å². The number of guanidine groups is 1. The molecule has 0 aliphatic carbocycles. The molecule has 0 saturated carbocycles. The number of hydrogen-bond donors (Lipinski definition) is 2. The van der Waals surface area contributed by atoms with E-state index in [9.17, 15) is 0 Å². The minimum absolute atomic E-state index is 0.261. The third-order valence-electron chi connectivity index (χ3n) is 5.71. The molecule has 30 heavy (non-hydrogen) atoms. The van der Waals surface area contributed by atoms with Gasteiger partial charge in [-0.2, -0.15) is 5.10 Å². The largest absolute Gasteiger partial charge is 0.496 e. The van der Waals surface area contributed by atoms with Gasteiger partial charge < -0.3 is 15.4 Å². The fraction of sp³-hybridized carbons (Fsp3) is 0.565. The average molecular weight is 413 g/mol. The van der Waals surface area contributed by atoms with E-state index in [-0.39, 0.29) is 6.04 Å². The average Bonchev–Trinajstić information content (AvgIpc) is 3.39. The Morgan fingerprint density at radius 3 is 2.63 bits per heavy atom. The number of aryl methyl sites for hydroxylation is 3. The molecule has 1 unspecified atom stereocenters. The second-order valence-corrected chi connectivity index (χ2v) is 7.88. The van der Waals surface area contributed by atoms with Crippen molar-refractivity contribution < 1.29 is 4.74 Å². The van der Waals surface area contributed by atoms with Crippen molar-refractivity contribution in [2.24, 2.45) is 4.99 Å². The maximum atomic E-state index is 5.64. The van der Waals surface area contributed by atoms with Gasteiger partial charge in [0.15, 0.2) is 5.96 Å². The van der Waals surface area contributed by atoms with Crippen LogP contribution in [0.15, 0.2) is 35.3 Å². The van der Waals surface area contributed by atoms with Gasteiger partial charge >= 0.3 is 0 Å². The molecule has 2 N–H and O–H groups in total. The zero-order valence-corrected chi connectivity index (χ0v) is 18.8. The number of nitrogens with one attached hydrogen (secondary N) is 2. The normalized spacial score (nSPS) is 15.9. The Morgan fingerprint density at radius 1 is 1.20 bits per heavy atom. The summed E-state index contributed by atoms with van der Waals surface area (Å²) in [5, 5.41) is 11.5. The van der Waals surface area contributed by atoms with E-state index in [1.807, 2.05) is 26.1 Å². The van der Waals surface area contributed by atoms with Gasteiger partial charge in [0.25, 0.3) is 0 Å². The van der Waals surface area contributed by atoms with Crippen LogP contribution in [0.25, 0.3) is 0 Å². The van der Waals surface area contributed by atoms with Crippen LogP contribution in [-0.2, 0) is 6.54 Å². The number of aromatic nitrogens is 2. The Morgan fingerprint density at radius 2 is 1.97 bits per heavy atom. The number of benzene rings is 1. The van der Waals surface area contributed by atoms with E-state index in [1.54, 1.807) is 7.11 Å². The Kier molecular flexibility index (Phi) is 8.13. The highest BCUT2D eigenvalue weighted by molar-refractivity contribution is 5.79. The zero-order valence-electron chi connectivity index (χ0n) is 18.8. The van der Waals surface area contributed by atoms with E-state index in [1.165, 1.54) is 24.1 Å². The molecule has 1 aliphatic heterocycles. The van der Waals surface area contributed by atoms with E-state index in [0.29, 0.717) is 0 Å². The summed E-state index contributed by atoms with van der Waals surface area (Å²) in [7, 11) is 3.57. The minimum atomic E-state index is 0.261. The Balaban J connectivity index is 1.54. The fourth-order valence-electron chi connectivity index (χ4n) is 4.18. The first-order valence-corrected chi connectivity index (χ1v) is 10.9. The molecule has 164 valence electrons. The van der Waals surface area contributed by atoms with Gasteiger partial charge in [-0.05, 0) is 58.3 Å². The van der Waals surface area contributed by atoms with E-state index >= 15 is 0 Å². The standard InChI is InChI=1S/C23H36N6O/c1-18-16-19(2)29(27-18)15-9-12-25-23(24-3)26-17-21(28-13-7-8-14-28)20-10-5-6-11-22(20)30-4/h5-6,10-11,16,21H,7-9,12-15,17H2,1-4H3,(H2,24,25,26). The minimum Gasteiger partial charge on any atom is -0.496 e. The quantitative estimate of drug-likeness (QED) is 0.377. The van der Waals surface area contributed by atoms with Crippen LogP contribution in [0.3, 0.4) is 0 Å². The molecule has 1 fully saturated rings. The highest BCUT2D eigenvalue weighted by Crippen LogP contribution is 2.31. The van der Waals surface area contributed by atoms with Gasteiger partial charge in [0.2, 0.25) is 0 Å². The van der Waals surface area contributed by atoms with Crippen LogP contribution >= 0.6 is 0 Å². The number of ether oxygens (including phenoxy) is 1. The Labute approximate surface area is 180 Å². The molecular weight excluding hydrogens is 376 g/mol.